The van der Waals surface area contributed by atoms with Crippen LogP contribution >= 0.6 is 0 Å². The Kier molecular flexibility index (Phi) is 4.09. The second kappa shape index (κ2) is 6.16. The van der Waals surface area contributed by atoms with Gasteiger partial charge in [0.05, 0.1) is 6.61 Å². The van der Waals surface area contributed by atoms with E-state index in [1.807, 2.05) is 18.2 Å². The molecule has 0 atom stereocenters. The maximum absolute atomic E-state index is 12.0. The molecule has 2 amide bonds. The Morgan fingerprint density at radius 2 is 1.95 bits per heavy atom. The van der Waals surface area contributed by atoms with Gasteiger partial charge in [0, 0.05) is 18.2 Å². The minimum absolute atomic E-state index is 0.0873. The Balaban J connectivity index is 1.55. The lowest BCUT2D eigenvalue weighted by Gasteiger charge is -2.17. The summed E-state index contributed by atoms with van der Waals surface area (Å²) in [6.45, 7) is 0.743. The Morgan fingerprint density at radius 1 is 1.15 bits per heavy atom. The van der Waals surface area contributed by atoms with Crippen LogP contribution in [0.4, 0.5) is 10.5 Å². The van der Waals surface area contributed by atoms with Crippen LogP contribution in [0, 0.1) is 0 Å². The molecule has 1 fully saturated rings. The Bertz CT molecular complexity index is 479. The van der Waals surface area contributed by atoms with Gasteiger partial charge in [-0.1, -0.05) is 25.7 Å². The van der Waals surface area contributed by atoms with Crippen molar-refractivity contribution in [1.82, 2.24) is 5.32 Å². The van der Waals surface area contributed by atoms with Crippen LogP contribution in [-0.4, -0.2) is 18.7 Å². The average molecular weight is 274 g/mol. The number of nitrogens with one attached hydrogen (secondary N) is 2. The number of ether oxygens (including phenoxy) is 1. The average Bonchev–Trinajstić information content (AvgIpc) is 2.75. The van der Waals surface area contributed by atoms with Crippen molar-refractivity contribution in [3.05, 3.63) is 23.8 Å². The van der Waals surface area contributed by atoms with Gasteiger partial charge in [-0.3, -0.25) is 0 Å². The summed E-state index contributed by atoms with van der Waals surface area (Å²) in [7, 11) is 0. The first-order valence-electron chi connectivity index (χ1n) is 7.64. The van der Waals surface area contributed by atoms with Crippen molar-refractivity contribution in [2.45, 2.75) is 51.0 Å². The van der Waals surface area contributed by atoms with Crippen molar-refractivity contribution in [3.63, 3.8) is 0 Å². The van der Waals surface area contributed by atoms with Crippen molar-refractivity contribution >= 4 is 11.7 Å². The van der Waals surface area contributed by atoms with E-state index in [1.54, 1.807) is 0 Å². The highest BCUT2D eigenvalue weighted by Crippen LogP contribution is 2.27. The molecular formula is C16H22N2O2. The lowest BCUT2D eigenvalue weighted by Crippen LogP contribution is -2.37. The van der Waals surface area contributed by atoms with Gasteiger partial charge < -0.3 is 15.4 Å². The molecule has 20 heavy (non-hydrogen) atoms. The summed E-state index contributed by atoms with van der Waals surface area (Å²) >= 11 is 0. The van der Waals surface area contributed by atoms with Crippen molar-refractivity contribution in [2.24, 2.45) is 0 Å². The molecule has 1 aliphatic heterocycles. The molecule has 1 aromatic carbocycles. The molecule has 4 heteroatoms. The third-order valence-electron chi connectivity index (χ3n) is 4.14. The number of hydrogen-bond donors (Lipinski definition) is 2. The van der Waals surface area contributed by atoms with Crippen LogP contribution in [0.3, 0.4) is 0 Å². The van der Waals surface area contributed by atoms with Gasteiger partial charge in [-0.25, -0.2) is 4.79 Å². The van der Waals surface area contributed by atoms with E-state index in [1.165, 1.54) is 31.2 Å². The lowest BCUT2D eigenvalue weighted by molar-refractivity contribution is 0.247. The van der Waals surface area contributed by atoms with Gasteiger partial charge in [-0.05, 0) is 36.6 Å². The van der Waals surface area contributed by atoms with Crippen LogP contribution in [-0.2, 0) is 6.42 Å². The molecule has 108 valence electrons. The maximum Gasteiger partial charge on any atom is 0.319 e. The quantitative estimate of drug-likeness (QED) is 0.811. The second-order valence-electron chi connectivity index (χ2n) is 5.71. The molecule has 2 N–H and O–H groups in total. The highest BCUT2D eigenvalue weighted by molar-refractivity contribution is 5.89. The first-order chi connectivity index (χ1) is 9.81. The van der Waals surface area contributed by atoms with E-state index in [0.29, 0.717) is 6.04 Å². The van der Waals surface area contributed by atoms with E-state index < -0.39 is 0 Å². The number of amides is 2. The minimum Gasteiger partial charge on any atom is -0.493 e. The van der Waals surface area contributed by atoms with Crippen LogP contribution < -0.4 is 15.4 Å². The molecule has 4 nitrogen and oxygen atoms in total. The fourth-order valence-corrected chi connectivity index (χ4v) is 3.04. The van der Waals surface area contributed by atoms with Crippen LogP contribution in [0.25, 0.3) is 0 Å². The highest BCUT2D eigenvalue weighted by atomic mass is 16.5. The third kappa shape index (κ3) is 3.24. The van der Waals surface area contributed by atoms with Crippen LogP contribution in [0.15, 0.2) is 18.2 Å². The molecule has 0 spiro atoms. The summed E-state index contributed by atoms with van der Waals surface area (Å²) in [5.74, 6) is 0.944. The third-order valence-corrected chi connectivity index (χ3v) is 4.14. The fourth-order valence-electron chi connectivity index (χ4n) is 3.04. The van der Waals surface area contributed by atoms with Gasteiger partial charge in [0.1, 0.15) is 5.75 Å². The molecule has 0 unspecified atom stereocenters. The first kappa shape index (κ1) is 13.3. The van der Waals surface area contributed by atoms with Crippen LogP contribution in [0.1, 0.15) is 44.1 Å². The smallest absolute Gasteiger partial charge is 0.319 e. The van der Waals surface area contributed by atoms with Gasteiger partial charge in [-0.2, -0.15) is 0 Å². The molecule has 0 radical (unpaired) electrons. The molecule has 1 aliphatic carbocycles. The summed E-state index contributed by atoms with van der Waals surface area (Å²) in [6.07, 6.45) is 8.17. The number of rotatable bonds is 2. The highest BCUT2D eigenvalue weighted by Gasteiger charge is 2.16. The Morgan fingerprint density at radius 3 is 2.75 bits per heavy atom. The van der Waals surface area contributed by atoms with Gasteiger partial charge >= 0.3 is 6.03 Å². The van der Waals surface area contributed by atoms with Crippen LogP contribution in [0.5, 0.6) is 5.75 Å². The molecule has 1 heterocycles. The van der Waals surface area contributed by atoms with Gasteiger partial charge in [0.15, 0.2) is 0 Å². The topological polar surface area (TPSA) is 50.4 Å². The van der Waals surface area contributed by atoms with E-state index >= 15 is 0 Å². The maximum atomic E-state index is 12.0. The SMILES string of the molecule is O=C(Nc1ccc2c(c1)CCO2)NC1CCCCCC1. The molecule has 2 aliphatic rings. The van der Waals surface area contributed by atoms with Crippen LogP contribution in [0.2, 0.25) is 0 Å². The molecule has 0 saturated heterocycles. The predicted molar refractivity (Wildman–Crippen MR) is 79.3 cm³/mol. The normalized spacial score (nSPS) is 18.8. The zero-order valence-corrected chi connectivity index (χ0v) is 11.8. The molecular weight excluding hydrogens is 252 g/mol. The standard InChI is InChI=1S/C16H22N2O2/c19-16(17-13-5-3-1-2-4-6-13)18-14-7-8-15-12(11-14)9-10-20-15/h7-8,11,13H,1-6,9-10H2,(H2,17,18,19). The van der Waals surface area contributed by atoms with E-state index in [4.69, 9.17) is 4.74 Å². The summed E-state index contributed by atoms with van der Waals surface area (Å²) < 4.78 is 5.47. The summed E-state index contributed by atoms with van der Waals surface area (Å²) in [4.78, 5) is 12.0. The first-order valence-corrected chi connectivity index (χ1v) is 7.64. The van der Waals surface area contributed by atoms with E-state index in [0.717, 1.165) is 37.3 Å². The van der Waals surface area contributed by atoms with Crippen molar-refractivity contribution in [2.75, 3.05) is 11.9 Å². The number of urea groups is 1. The molecule has 3 rings (SSSR count). The second-order valence-corrected chi connectivity index (χ2v) is 5.71. The van der Waals surface area contributed by atoms with E-state index in [-0.39, 0.29) is 6.03 Å². The van der Waals surface area contributed by atoms with Crippen molar-refractivity contribution < 1.29 is 9.53 Å². The largest absolute Gasteiger partial charge is 0.493 e. The van der Waals surface area contributed by atoms with Crippen molar-refractivity contribution in [1.29, 1.82) is 0 Å². The lowest BCUT2D eigenvalue weighted by atomic mass is 10.1. The zero-order valence-electron chi connectivity index (χ0n) is 11.8. The van der Waals surface area contributed by atoms with Gasteiger partial charge in [0.2, 0.25) is 0 Å². The van der Waals surface area contributed by atoms with Gasteiger partial charge in [-0.15, -0.1) is 0 Å². The number of carbonyl (C=O) groups is 1. The minimum atomic E-state index is -0.0873. The molecule has 0 aromatic heterocycles. The Labute approximate surface area is 119 Å². The molecule has 1 aromatic rings. The predicted octanol–water partition coefficient (Wildman–Crippen LogP) is 3.47. The molecule has 1 saturated carbocycles. The number of fused-ring (bicyclic) bond motifs is 1. The van der Waals surface area contributed by atoms with E-state index in [9.17, 15) is 4.79 Å². The monoisotopic (exact) mass is 274 g/mol. The number of carbonyl (C=O) groups excluding carboxylic acids is 1. The number of benzene rings is 1. The molecule has 0 bridgehead atoms. The Hall–Kier alpha value is -1.71. The summed E-state index contributed by atoms with van der Waals surface area (Å²) in [6, 6.07) is 6.08. The fraction of sp³-hybridized carbons (Fsp3) is 0.562. The van der Waals surface area contributed by atoms with Crippen molar-refractivity contribution in [3.8, 4) is 5.75 Å². The summed E-state index contributed by atoms with van der Waals surface area (Å²) in [5, 5.41) is 6.03. The van der Waals surface area contributed by atoms with Gasteiger partial charge in [0.25, 0.3) is 0 Å². The number of anilines is 1. The summed E-state index contributed by atoms with van der Waals surface area (Å²) in [5.41, 5.74) is 2.03. The van der Waals surface area contributed by atoms with E-state index in [2.05, 4.69) is 10.6 Å². The number of hydrogen-bond acceptors (Lipinski definition) is 2. The zero-order chi connectivity index (χ0) is 13.8.